The Morgan fingerprint density at radius 3 is 2.62 bits per heavy atom. The molecule has 0 saturated carbocycles. The summed E-state index contributed by atoms with van der Waals surface area (Å²) in [6.45, 7) is 4.63. The topological polar surface area (TPSA) is 58.3 Å². The van der Waals surface area contributed by atoms with Gasteiger partial charge in [-0.15, -0.1) is 0 Å². The zero-order valence-electron chi connectivity index (χ0n) is 10.3. The number of likely N-dealkylation sites (N-methyl/N-ethyl adjacent to an activating group) is 1. The molecule has 0 saturated heterocycles. The molecule has 4 N–H and O–H groups in total. The summed E-state index contributed by atoms with van der Waals surface area (Å²) in [5.41, 5.74) is 8.82. The maximum atomic E-state index is 10.3. The third-order valence-corrected chi connectivity index (χ3v) is 2.98. The molecule has 1 rings (SSSR count). The Morgan fingerprint density at radius 2 is 2.06 bits per heavy atom. The number of hydrogen-bond donors (Lipinski definition) is 3. The Hall–Kier alpha value is -0.900. The summed E-state index contributed by atoms with van der Waals surface area (Å²) in [7, 11) is 1.86. The second-order valence-corrected chi connectivity index (χ2v) is 4.28. The van der Waals surface area contributed by atoms with E-state index in [-0.39, 0.29) is 6.04 Å². The average molecular weight is 222 g/mol. The number of rotatable bonds is 5. The molecule has 0 spiro atoms. The van der Waals surface area contributed by atoms with Crippen molar-refractivity contribution >= 4 is 0 Å². The fourth-order valence-electron chi connectivity index (χ4n) is 1.93. The third kappa shape index (κ3) is 3.04. The highest BCUT2D eigenvalue weighted by Gasteiger charge is 2.19. The molecule has 16 heavy (non-hydrogen) atoms. The average Bonchev–Trinajstić information content (AvgIpc) is 2.28. The molecule has 0 aliphatic heterocycles. The molecule has 0 aliphatic carbocycles. The Morgan fingerprint density at radius 1 is 1.38 bits per heavy atom. The van der Waals surface area contributed by atoms with Crippen molar-refractivity contribution in [3.8, 4) is 0 Å². The minimum absolute atomic E-state index is 0.0190. The molecule has 0 radical (unpaired) electrons. The predicted molar refractivity (Wildman–Crippen MR) is 67.4 cm³/mol. The van der Waals surface area contributed by atoms with Gasteiger partial charge in [0.2, 0.25) is 0 Å². The number of aliphatic hydroxyl groups excluding tert-OH is 1. The van der Waals surface area contributed by atoms with E-state index >= 15 is 0 Å². The van der Waals surface area contributed by atoms with Gasteiger partial charge < -0.3 is 16.2 Å². The van der Waals surface area contributed by atoms with E-state index < -0.39 is 6.10 Å². The molecule has 3 heteroatoms. The van der Waals surface area contributed by atoms with Gasteiger partial charge in [0.25, 0.3) is 0 Å². The van der Waals surface area contributed by atoms with E-state index in [0.29, 0.717) is 6.54 Å². The number of aryl methyl sites for hydroxylation is 2. The lowest BCUT2D eigenvalue weighted by atomic mass is 9.94. The molecule has 0 fully saturated rings. The third-order valence-electron chi connectivity index (χ3n) is 2.98. The quantitative estimate of drug-likeness (QED) is 0.703. The molecule has 2 unspecified atom stereocenters. The predicted octanol–water partition coefficient (Wildman–Crippen LogP) is 1.27. The van der Waals surface area contributed by atoms with Crippen LogP contribution in [-0.2, 0) is 0 Å². The van der Waals surface area contributed by atoms with E-state index in [1.165, 1.54) is 5.56 Å². The van der Waals surface area contributed by atoms with Crippen molar-refractivity contribution in [3.05, 3.63) is 34.9 Å². The highest BCUT2D eigenvalue weighted by molar-refractivity contribution is 5.32. The van der Waals surface area contributed by atoms with E-state index in [1.807, 2.05) is 33.0 Å². The second kappa shape index (κ2) is 5.99. The molecule has 0 amide bonds. The van der Waals surface area contributed by atoms with Crippen molar-refractivity contribution in [1.82, 2.24) is 5.32 Å². The summed E-state index contributed by atoms with van der Waals surface area (Å²) in [6, 6.07) is 6.16. The van der Waals surface area contributed by atoms with Crippen LogP contribution in [0.3, 0.4) is 0 Å². The largest absolute Gasteiger partial charge is 0.387 e. The lowest BCUT2D eigenvalue weighted by Crippen LogP contribution is -2.34. The summed E-state index contributed by atoms with van der Waals surface area (Å²) >= 11 is 0. The molecule has 0 bridgehead atoms. The van der Waals surface area contributed by atoms with Crippen molar-refractivity contribution < 1.29 is 5.11 Å². The van der Waals surface area contributed by atoms with Gasteiger partial charge in [-0.3, -0.25) is 0 Å². The highest BCUT2D eigenvalue weighted by Crippen LogP contribution is 2.23. The van der Waals surface area contributed by atoms with Gasteiger partial charge in [0, 0.05) is 6.04 Å². The second-order valence-electron chi connectivity index (χ2n) is 4.28. The summed E-state index contributed by atoms with van der Waals surface area (Å²) in [4.78, 5) is 0. The molecular formula is C13H22N2O. The van der Waals surface area contributed by atoms with Crippen LogP contribution in [0.25, 0.3) is 0 Å². The smallest absolute Gasteiger partial charge is 0.0945 e. The molecule has 3 nitrogen and oxygen atoms in total. The SMILES string of the molecule is CNC(CCN)C(O)c1cc(C)ccc1C. The van der Waals surface area contributed by atoms with Crippen molar-refractivity contribution in [2.24, 2.45) is 5.73 Å². The Balaban J connectivity index is 2.93. The summed E-state index contributed by atoms with van der Waals surface area (Å²) in [5, 5.41) is 13.4. The molecular weight excluding hydrogens is 200 g/mol. The molecule has 2 atom stereocenters. The number of hydrogen-bond acceptors (Lipinski definition) is 3. The van der Waals surface area contributed by atoms with Crippen LogP contribution in [0, 0.1) is 13.8 Å². The minimum Gasteiger partial charge on any atom is -0.387 e. The Labute approximate surface area is 97.7 Å². The van der Waals surface area contributed by atoms with Gasteiger partial charge in [0.05, 0.1) is 6.10 Å². The van der Waals surface area contributed by atoms with Gasteiger partial charge in [-0.1, -0.05) is 23.8 Å². The van der Waals surface area contributed by atoms with E-state index in [9.17, 15) is 5.11 Å². The molecule has 0 heterocycles. The number of aliphatic hydroxyl groups is 1. The van der Waals surface area contributed by atoms with E-state index in [1.54, 1.807) is 0 Å². The van der Waals surface area contributed by atoms with Gasteiger partial charge in [0.15, 0.2) is 0 Å². The van der Waals surface area contributed by atoms with Crippen LogP contribution < -0.4 is 11.1 Å². The number of nitrogens with two attached hydrogens (primary N) is 1. The minimum atomic E-state index is -0.492. The Kier molecular flexibility index (Phi) is 4.93. The number of nitrogens with one attached hydrogen (secondary N) is 1. The van der Waals surface area contributed by atoms with E-state index in [0.717, 1.165) is 17.5 Å². The first-order chi connectivity index (χ1) is 7.60. The van der Waals surface area contributed by atoms with Gasteiger partial charge in [-0.25, -0.2) is 0 Å². The molecule has 0 aromatic heterocycles. The standard InChI is InChI=1S/C13H22N2O/c1-9-4-5-10(2)11(8-9)13(16)12(15-3)6-7-14/h4-5,8,12-13,15-16H,6-7,14H2,1-3H3. The first-order valence-corrected chi connectivity index (χ1v) is 5.72. The van der Waals surface area contributed by atoms with E-state index in [4.69, 9.17) is 5.73 Å². The van der Waals surface area contributed by atoms with Crippen LogP contribution in [0.2, 0.25) is 0 Å². The zero-order valence-corrected chi connectivity index (χ0v) is 10.3. The molecule has 0 aliphatic rings. The first kappa shape index (κ1) is 13.2. The van der Waals surface area contributed by atoms with E-state index in [2.05, 4.69) is 11.4 Å². The van der Waals surface area contributed by atoms with Crippen molar-refractivity contribution in [2.45, 2.75) is 32.4 Å². The van der Waals surface area contributed by atoms with Gasteiger partial charge in [0.1, 0.15) is 0 Å². The van der Waals surface area contributed by atoms with Crippen molar-refractivity contribution in [1.29, 1.82) is 0 Å². The lowest BCUT2D eigenvalue weighted by Gasteiger charge is -2.24. The van der Waals surface area contributed by atoms with Crippen LogP contribution in [0.4, 0.5) is 0 Å². The Bertz CT molecular complexity index is 339. The summed E-state index contributed by atoms with van der Waals surface area (Å²) in [6.07, 6.45) is 0.277. The van der Waals surface area contributed by atoms with Gasteiger partial charge >= 0.3 is 0 Å². The molecule has 1 aromatic carbocycles. The molecule has 1 aromatic rings. The maximum absolute atomic E-state index is 10.3. The maximum Gasteiger partial charge on any atom is 0.0945 e. The molecule has 90 valence electrons. The summed E-state index contributed by atoms with van der Waals surface area (Å²) < 4.78 is 0. The van der Waals surface area contributed by atoms with Crippen LogP contribution >= 0.6 is 0 Å². The normalized spacial score (nSPS) is 14.8. The van der Waals surface area contributed by atoms with Crippen LogP contribution in [0.15, 0.2) is 18.2 Å². The summed E-state index contributed by atoms with van der Waals surface area (Å²) in [5.74, 6) is 0. The lowest BCUT2D eigenvalue weighted by molar-refractivity contribution is 0.128. The van der Waals surface area contributed by atoms with Crippen LogP contribution in [0.5, 0.6) is 0 Å². The monoisotopic (exact) mass is 222 g/mol. The highest BCUT2D eigenvalue weighted by atomic mass is 16.3. The number of benzene rings is 1. The van der Waals surface area contributed by atoms with Gasteiger partial charge in [-0.05, 0) is 45.0 Å². The van der Waals surface area contributed by atoms with Crippen molar-refractivity contribution in [3.63, 3.8) is 0 Å². The zero-order chi connectivity index (χ0) is 12.1. The van der Waals surface area contributed by atoms with Gasteiger partial charge in [-0.2, -0.15) is 0 Å². The van der Waals surface area contributed by atoms with Crippen LogP contribution in [0.1, 0.15) is 29.2 Å². The fourth-order valence-corrected chi connectivity index (χ4v) is 1.93. The van der Waals surface area contributed by atoms with Crippen molar-refractivity contribution in [2.75, 3.05) is 13.6 Å². The first-order valence-electron chi connectivity index (χ1n) is 5.72. The fraction of sp³-hybridized carbons (Fsp3) is 0.538. The van der Waals surface area contributed by atoms with Crippen LogP contribution in [-0.4, -0.2) is 24.7 Å².